The van der Waals surface area contributed by atoms with Crippen molar-refractivity contribution < 1.29 is 9.72 Å². The summed E-state index contributed by atoms with van der Waals surface area (Å²) in [7, 11) is 0. The van der Waals surface area contributed by atoms with Gasteiger partial charge >= 0.3 is 0 Å². The molecule has 2 aromatic rings. The molecule has 1 aliphatic carbocycles. The summed E-state index contributed by atoms with van der Waals surface area (Å²) in [5.74, 6) is 0.0301. The summed E-state index contributed by atoms with van der Waals surface area (Å²) in [6.45, 7) is 6.00. The number of nitrogens with zero attached hydrogens (tertiary/aromatic N) is 3. The Morgan fingerprint density at radius 1 is 1.00 bits per heavy atom. The van der Waals surface area contributed by atoms with Gasteiger partial charge in [0.2, 0.25) is 0 Å². The van der Waals surface area contributed by atoms with Gasteiger partial charge in [-0.15, -0.1) is 0 Å². The number of rotatable bonds is 3. The molecule has 0 saturated heterocycles. The number of ketones is 1. The number of carbonyl (C=O) groups is 1. The van der Waals surface area contributed by atoms with Crippen molar-refractivity contribution in [3.63, 3.8) is 0 Å². The van der Waals surface area contributed by atoms with Crippen molar-refractivity contribution >= 4 is 22.7 Å². The van der Waals surface area contributed by atoms with Crippen molar-refractivity contribution in [2.75, 3.05) is 0 Å². The molecule has 6 heteroatoms. The van der Waals surface area contributed by atoms with Gasteiger partial charge in [-0.05, 0) is 29.2 Å². The first-order valence-corrected chi connectivity index (χ1v) is 8.49. The van der Waals surface area contributed by atoms with Crippen molar-refractivity contribution in [1.82, 2.24) is 0 Å². The number of Topliss-reactive ketones (excluding diaryl/α,β-unsaturated/α-hetero) is 1. The van der Waals surface area contributed by atoms with Crippen LogP contribution in [0.1, 0.15) is 36.7 Å². The smallest absolute Gasteiger partial charge is 0.269 e. The number of hydrogen-bond donors (Lipinski definition) is 0. The molecule has 6 nitrogen and oxygen atoms in total. The van der Waals surface area contributed by atoms with E-state index in [-0.39, 0.29) is 16.9 Å². The lowest BCUT2D eigenvalue weighted by Crippen LogP contribution is -2.22. The van der Waals surface area contributed by atoms with Crippen molar-refractivity contribution in [3.8, 4) is 0 Å². The predicted molar refractivity (Wildman–Crippen MR) is 104 cm³/mol. The maximum absolute atomic E-state index is 12.8. The Morgan fingerprint density at radius 3 is 2.22 bits per heavy atom. The molecule has 0 radical (unpaired) electrons. The Labute approximate surface area is 157 Å². The maximum atomic E-state index is 12.8. The molecule has 0 unspecified atom stereocenters. The first kappa shape index (κ1) is 18.4. The van der Waals surface area contributed by atoms with Crippen LogP contribution >= 0.6 is 0 Å². The molecule has 0 spiro atoms. The molecular weight excluding hydrogens is 342 g/mol. The number of allylic oxidation sites excluding steroid dienone is 3. The number of nitro groups is 1. The van der Waals surface area contributed by atoms with E-state index in [2.05, 4.69) is 10.2 Å². The van der Waals surface area contributed by atoms with Crippen LogP contribution in [0.3, 0.4) is 0 Å². The highest BCUT2D eigenvalue weighted by atomic mass is 16.6. The lowest BCUT2D eigenvalue weighted by molar-refractivity contribution is -0.384. The van der Waals surface area contributed by atoms with Gasteiger partial charge in [0.05, 0.1) is 16.8 Å². The van der Waals surface area contributed by atoms with E-state index in [0.717, 1.165) is 16.7 Å². The molecule has 0 fully saturated rings. The zero-order valence-electron chi connectivity index (χ0n) is 15.3. The van der Waals surface area contributed by atoms with Crippen LogP contribution < -0.4 is 0 Å². The van der Waals surface area contributed by atoms with Crippen molar-refractivity contribution in [3.05, 3.63) is 87.6 Å². The highest BCUT2D eigenvalue weighted by Crippen LogP contribution is 2.37. The SMILES string of the molecule is CC(C)(C)C1=C/C(=C/N=Nc2ccc([N+](=O)[O-])cc2)c2ccccc2C1=O. The van der Waals surface area contributed by atoms with Crippen molar-refractivity contribution in [2.45, 2.75) is 20.8 Å². The van der Waals surface area contributed by atoms with Gasteiger partial charge < -0.3 is 0 Å². The van der Waals surface area contributed by atoms with E-state index in [9.17, 15) is 14.9 Å². The van der Waals surface area contributed by atoms with Gasteiger partial charge in [-0.3, -0.25) is 14.9 Å². The Morgan fingerprint density at radius 2 is 1.63 bits per heavy atom. The topological polar surface area (TPSA) is 84.9 Å². The maximum Gasteiger partial charge on any atom is 0.269 e. The van der Waals surface area contributed by atoms with E-state index < -0.39 is 4.92 Å². The van der Waals surface area contributed by atoms with Gasteiger partial charge in [0.25, 0.3) is 5.69 Å². The van der Waals surface area contributed by atoms with Crippen LogP contribution in [0.15, 0.2) is 76.6 Å². The third-order valence-electron chi connectivity index (χ3n) is 4.27. The van der Waals surface area contributed by atoms with Crippen molar-refractivity contribution in [2.24, 2.45) is 15.6 Å². The summed E-state index contributed by atoms with van der Waals surface area (Å²) in [5.41, 5.74) is 3.22. The standard InChI is InChI=1S/C21H19N3O3/c1-21(2,3)19-12-14(17-6-4-5-7-18(17)20(19)25)13-22-23-15-8-10-16(11-9-15)24(26)27/h4-13H,1-3H3/b14-13-,23-22?. The number of benzene rings is 2. The van der Waals surface area contributed by atoms with E-state index in [1.54, 1.807) is 6.20 Å². The van der Waals surface area contributed by atoms with Gasteiger partial charge in [0.1, 0.15) is 0 Å². The number of carbonyl (C=O) groups excluding carboxylic acids is 1. The van der Waals surface area contributed by atoms with E-state index >= 15 is 0 Å². The first-order valence-electron chi connectivity index (χ1n) is 8.49. The number of nitro benzene ring substituents is 1. The number of fused-ring (bicyclic) bond motifs is 1. The summed E-state index contributed by atoms with van der Waals surface area (Å²) < 4.78 is 0. The second-order valence-electron chi connectivity index (χ2n) is 7.26. The average Bonchev–Trinajstić information content (AvgIpc) is 2.63. The normalized spacial score (nSPS) is 15.7. The lowest BCUT2D eigenvalue weighted by atomic mass is 9.76. The minimum absolute atomic E-state index is 0.00442. The number of non-ortho nitro benzene ring substituents is 1. The summed E-state index contributed by atoms with van der Waals surface area (Å²) >= 11 is 0. The molecule has 1 aliphatic rings. The summed E-state index contributed by atoms with van der Waals surface area (Å²) in [5, 5.41) is 18.9. The minimum atomic E-state index is -0.461. The number of hydrogen-bond acceptors (Lipinski definition) is 5. The minimum Gasteiger partial charge on any atom is -0.289 e. The van der Waals surface area contributed by atoms with E-state index in [4.69, 9.17) is 0 Å². The lowest BCUT2D eigenvalue weighted by Gasteiger charge is -2.27. The van der Waals surface area contributed by atoms with Crippen molar-refractivity contribution in [1.29, 1.82) is 0 Å². The van der Waals surface area contributed by atoms with Crippen LogP contribution in [0.2, 0.25) is 0 Å². The zero-order valence-corrected chi connectivity index (χ0v) is 15.3. The summed E-state index contributed by atoms with van der Waals surface area (Å²) in [4.78, 5) is 23.0. The number of azo groups is 1. The first-order chi connectivity index (χ1) is 12.8. The predicted octanol–water partition coefficient (Wildman–Crippen LogP) is 5.89. The monoisotopic (exact) mass is 361 g/mol. The van der Waals surface area contributed by atoms with Crippen LogP contribution in [0.4, 0.5) is 11.4 Å². The fourth-order valence-corrected chi connectivity index (χ4v) is 2.84. The van der Waals surface area contributed by atoms with Gasteiger partial charge in [0, 0.05) is 28.8 Å². The molecule has 0 saturated carbocycles. The van der Waals surface area contributed by atoms with Crippen LogP contribution in [0.5, 0.6) is 0 Å². The van der Waals surface area contributed by atoms with Crippen LogP contribution in [-0.2, 0) is 0 Å². The molecule has 27 heavy (non-hydrogen) atoms. The molecule has 0 N–H and O–H groups in total. The Hall–Kier alpha value is -3.41. The molecule has 3 rings (SSSR count). The summed E-state index contributed by atoms with van der Waals surface area (Å²) in [6.07, 6.45) is 3.47. The fraction of sp³-hybridized carbons (Fsp3) is 0.190. The largest absolute Gasteiger partial charge is 0.289 e. The molecule has 0 bridgehead atoms. The second kappa shape index (κ2) is 7.07. The Bertz CT molecular complexity index is 994. The molecule has 0 aromatic heterocycles. The van der Waals surface area contributed by atoms with Crippen LogP contribution in [0.25, 0.3) is 5.57 Å². The van der Waals surface area contributed by atoms with E-state index in [1.807, 2.05) is 51.1 Å². The molecule has 2 aromatic carbocycles. The molecule has 136 valence electrons. The molecule has 0 aliphatic heterocycles. The van der Waals surface area contributed by atoms with E-state index in [0.29, 0.717) is 11.3 Å². The highest BCUT2D eigenvalue weighted by Gasteiger charge is 2.30. The molecule has 0 amide bonds. The zero-order chi connectivity index (χ0) is 19.6. The molecular formula is C21H19N3O3. The van der Waals surface area contributed by atoms with E-state index in [1.165, 1.54) is 24.3 Å². The van der Waals surface area contributed by atoms with Gasteiger partial charge in [-0.25, -0.2) is 0 Å². The average molecular weight is 361 g/mol. The quantitative estimate of drug-likeness (QED) is 0.388. The Kier molecular flexibility index (Phi) is 4.81. The van der Waals surface area contributed by atoms with Gasteiger partial charge in [0.15, 0.2) is 5.78 Å². The Balaban J connectivity index is 1.96. The third-order valence-corrected chi connectivity index (χ3v) is 4.27. The van der Waals surface area contributed by atoms with Gasteiger partial charge in [-0.2, -0.15) is 10.2 Å². The van der Waals surface area contributed by atoms with Crippen LogP contribution in [0, 0.1) is 15.5 Å². The van der Waals surface area contributed by atoms with Gasteiger partial charge in [-0.1, -0.05) is 45.0 Å². The summed E-state index contributed by atoms with van der Waals surface area (Å²) in [6, 6.07) is 13.3. The fourth-order valence-electron chi connectivity index (χ4n) is 2.84. The second-order valence-corrected chi connectivity index (χ2v) is 7.26. The highest BCUT2D eigenvalue weighted by molar-refractivity contribution is 6.16. The molecule has 0 atom stereocenters. The molecule has 0 heterocycles. The van der Waals surface area contributed by atoms with Crippen LogP contribution in [-0.4, -0.2) is 10.7 Å². The third kappa shape index (κ3) is 3.89.